The van der Waals surface area contributed by atoms with Gasteiger partial charge >= 0.3 is 0 Å². The number of fused-ring (bicyclic) bond motifs is 1. The van der Waals surface area contributed by atoms with Crippen LogP contribution in [0.25, 0.3) is 10.8 Å². The van der Waals surface area contributed by atoms with Gasteiger partial charge in [-0.1, -0.05) is 18.2 Å². The minimum absolute atomic E-state index is 0.0933. The molecule has 0 spiro atoms. The van der Waals surface area contributed by atoms with E-state index in [4.69, 9.17) is 10.8 Å². The number of aliphatic hydroxyl groups is 1. The molecule has 1 heterocycles. The Balaban J connectivity index is 2.50. The molecule has 15 heavy (non-hydrogen) atoms. The summed E-state index contributed by atoms with van der Waals surface area (Å²) in [6.07, 6.45) is 3.98. The lowest BCUT2D eigenvalue weighted by Crippen LogP contribution is -2.12. The summed E-state index contributed by atoms with van der Waals surface area (Å²) in [5.41, 5.74) is 6.97. The Labute approximate surface area is 87.7 Å². The highest BCUT2D eigenvalue weighted by atomic mass is 16.3. The van der Waals surface area contributed by atoms with E-state index in [0.29, 0.717) is 6.42 Å². The average Bonchev–Trinajstić information content (AvgIpc) is 2.28. The smallest absolute Gasteiger partial charge is 0.0578 e. The molecule has 0 amide bonds. The zero-order chi connectivity index (χ0) is 10.7. The summed E-state index contributed by atoms with van der Waals surface area (Å²) < 4.78 is 0. The van der Waals surface area contributed by atoms with E-state index >= 15 is 0 Å². The summed E-state index contributed by atoms with van der Waals surface area (Å²) in [6, 6.07) is 5.73. The summed E-state index contributed by atoms with van der Waals surface area (Å²) in [5, 5.41) is 18.6. The van der Waals surface area contributed by atoms with Crippen molar-refractivity contribution in [2.45, 2.75) is 12.5 Å². The fraction of sp³-hybridized carbons (Fsp3) is 0.273. The van der Waals surface area contributed by atoms with Crippen LogP contribution < -0.4 is 5.73 Å². The van der Waals surface area contributed by atoms with Crippen LogP contribution in [-0.4, -0.2) is 21.9 Å². The molecule has 2 aromatic rings. The van der Waals surface area contributed by atoms with Crippen LogP contribution >= 0.6 is 0 Å². The molecule has 3 N–H and O–H groups in total. The lowest BCUT2D eigenvalue weighted by molar-refractivity contribution is 0.277. The van der Waals surface area contributed by atoms with Crippen LogP contribution in [0.15, 0.2) is 30.6 Å². The van der Waals surface area contributed by atoms with Gasteiger partial charge in [-0.25, -0.2) is 0 Å². The fourth-order valence-corrected chi connectivity index (χ4v) is 1.67. The van der Waals surface area contributed by atoms with Crippen molar-refractivity contribution in [3.05, 3.63) is 36.2 Å². The Kier molecular flexibility index (Phi) is 2.89. The summed E-state index contributed by atoms with van der Waals surface area (Å²) in [4.78, 5) is 0. The van der Waals surface area contributed by atoms with Gasteiger partial charge in [0.15, 0.2) is 0 Å². The monoisotopic (exact) mass is 203 g/mol. The first kappa shape index (κ1) is 10.0. The van der Waals surface area contributed by atoms with Gasteiger partial charge in [0.2, 0.25) is 0 Å². The molecule has 0 aliphatic heterocycles. The van der Waals surface area contributed by atoms with Crippen LogP contribution in [0.3, 0.4) is 0 Å². The molecule has 0 saturated heterocycles. The van der Waals surface area contributed by atoms with Crippen LogP contribution in [0.5, 0.6) is 0 Å². The molecule has 4 nitrogen and oxygen atoms in total. The molecule has 0 radical (unpaired) electrons. The van der Waals surface area contributed by atoms with E-state index in [1.165, 1.54) is 0 Å². The third-order valence-electron chi connectivity index (χ3n) is 2.46. The predicted molar refractivity (Wildman–Crippen MR) is 58.2 cm³/mol. The minimum atomic E-state index is -0.150. The summed E-state index contributed by atoms with van der Waals surface area (Å²) >= 11 is 0. The third kappa shape index (κ3) is 1.95. The maximum atomic E-state index is 8.86. The molecule has 0 aliphatic carbocycles. The third-order valence-corrected chi connectivity index (χ3v) is 2.46. The topological polar surface area (TPSA) is 72.0 Å². The number of nitrogens with two attached hydrogens (primary N) is 1. The lowest BCUT2D eigenvalue weighted by Gasteiger charge is -2.12. The quantitative estimate of drug-likeness (QED) is 0.781. The Hall–Kier alpha value is -1.52. The van der Waals surface area contributed by atoms with Crippen molar-refractivity contribution in [2.24, 2.45) is 5.73 Å². The molecular weight excluding hydrogens is 190 g/mol. The summed E-state index contributed by atoms with van der Waals surface area (Å²) in [5.74, 6) is 0. The molecule has 0 saturated carbocycles. The Morgan fingerprint density at radius 1 is 1.27 bits per heavy atom. The van der Waals surface area contributed by atoms with E-state index in [1.54, 1.807) is 12.4 Å². The second-order valence-electron chi connectivity index (χ2n) is 3.46. The highest BCUT2D eigenvalue weighted by Gasteiger charge is 2.08. The van der Waals surface area contributed by atoms with Crippen molar-refractivity contribution in [3.8, 4) is 0 Å². The van der Waals surface area contributed by atoms with Crippen LogP contribution in [0.1, 0.15) is 18.0 Å². The molecule has 78 valence electrons. The standard InChI is InChI=1S/C11H13N3O/c12-11(4-5-15)9-3-1-2-8-6-13-14-7-10(8)9/h1-3,6-7,11,15H,4-5,12H2. The number of aromatic nitrogens is 2. The number of aliphatic hydroxyl groups excluding tert-OH is 1. The van der Waals surface area contributed by atoms with Crippen LogP contribution in [0.4, 0.5) is 0 Å². The molecule has 1 unspecified atom stereocenters. The van der Waals surface area contributed by atoms with Crippen molar-refractivity contribution in [1.82, 2.24) is 10.2 Å². The van der Waals surface area contributed by atoms with Gasteiger partial charge in [0.1, 0.15) is 0 Å². The average molecular weight is 203 g/mol. The normalized spacial score (nSPS) is 12.9. The fourth-order valence-electron chi connectivity index (χ4n) is 1.67. The molecule has 1 atom stereocenters. The molecule has 2 rings (SSSR count). The van der Waals surface area contributed by atoms with E-state index in [1.807, 2.05) is 18.2 Å². The Morgan fingerprint density at radius 2 is 2.07 bits per heavy atom. The van der Waals surface area contributed by atoms with E-state index in [-0.39, 0.29) is 12.6 Å². The maximum Gasteiger partial charge on any atom is 0.0578 e. The Morgan fingerprint density at radius 3 is 2.87 bits per heavy atom. The molecule has 1 aromatic heterocycles. The van der Waals surface area contributed by atoms with E-state index in [0.717, 1.165) is 16.3 Å². The predicted octanol–water partition coefficient (Wildman–Crippen LogP) is 1.01. The summed E-state index contributed by atoms with van der Waals surface area (Å²) in [6.45, 7) is 0.0933. The van der Waals surface area contributed by atoms with Gasteiger partial charge < -0.3 is 10.8 Å². The second-order valence-corrected chi connectivity index (χ2v) is 3.46. The minimum Gasteiger partial charge on any atom is -0.396 e. The first-order valence-corrected chi connectivity index (χ1v) is 4.88. The van der Waals surface area contributed by atoms with Crippen molar-refractivity contribution in [2.75, 3.05) is 6.61 Å². The lowest BCUT2D eigenvalue weighted by atomic mass is 10.00. The van der Waals surface area contributed by atoms with Gasteiger partial charge in [0.05, 0.1) is 12.4 Å². The number of hydrogen-bond donors (Lipinski definition) is 2. The van der Waals surface area contributed by atoms with E-state index in [9.17, 15) is 0 Å². The second kappa shape index (κ2) is 4.33. The van der Waals surface area contributed by atoms with Crippen molar-refractivity contribution < 1.29 is 5.11 Å². The van der Waals surface area contributed by atoms with Gasteiger partial charge in [-0.2, -0.15) is 10.2 Å². The zero-order valence-electron chi connectivity index (χ0n) is 8.30. The van der Waals surface area contributed by atoms with Gasteiger partial charge in [-0.15, -0.1) is 0 Å². The van der Waals surface area contributed by atoms with Crippen molar-refractivity contribution >= 4 is 10.8 Å². The van der Waals surface area contributed by atoms with Gasteiger partial charge in [-0.3, -0.25) is 0 Å². The molecular formula is C11H13N3O. The number of benzene rings is 1. The molecule has 0 bridgehead atoms. The highest BCUT2D eigenvalue weighted by molar-refractivity contribution is 5.84. The van der Waals surface area contributed by atoms with E-state index in [2.05, 4.69) is 10.2 Å². The van der Waals surface area contributed by atoms with Gasteiger partial charge in [0.25, 0.3) is 0 Å². The molecule has 0 fully saturated rings. The summed E-state index contributed by atoms with van der Waals surface area (Å²) in [7, 11) is 0. The van der Waals surface area contributed by atoms with E-state index < -0.39 is 0 Å². The van der Waals surface area contributed by atoms with Crippen molar-refractivity contribution in [1.29, 1.82) is 0 Å². The first-order chi connectivity index (χ1) is 7.33. The maximum absolute atomic E-state index is 8.86. The van der Waals surface area contributed by atoms with Gasteiger partial charge in [-0.05, 0) is 12.0 Å². The number of hydrogen-bond acceptors (Lipinski definition) is 4. The van der Waals surface area contributed by atoms with Crippen LogP contribution in [0.2, 0.25) is 0 Å². The largest absolute Gasteiger partial charge is 0.396 e. The number of rotatable bonds is 3. The molecule has 0 aliphatic rings. The SMILES string of the molecule is NC(CCO)c1cccc2cnncc12. The highest BCUT2D eigenvalue weighted by Crippen LogP contribution is 2.23. The molecule has 1 aromatic carbocycles. The van der Waals surface area contributed by atoms with Crippen LogP contribution in [0, 0.1) is 0 Å². The molecule has 4 heteroatoms. The van der Waals surface area contributed by atoms with Crippen molar-refractivity contribution in [3.63, 3.8) is 0 Å². The van der Waals surface area contributed by atoms with Gasteiger partial charge in [0, 0.05) is 23.4 Å². The number of nitrogens with zero attached hydrogens (tertiary/aromatic N) is 2. The van der Waals surface area contributed by atoms with Crippen LogP contribution in [-0.2, 0) is 0 Å². The zero-order valence-corrected chi connectivity index (χ0v) is 8.30. The first-order valence-electron chi connectivity index (χ1n) is 4.88. The Bertz CT molecular complexity index is 453.